The van der Waals surface area contributed by atoms with E-state index in [0.29, 0.717) is 0 Å². The van der Waals surface area contributed by atoms with E-state index in [-0.39, 0.29) is 12.0 Å². The molecule has 2 rings (SSSR count). The largest absolute Gasteiger partial charge is 0.445 e. The number of piperidine rings is 1. The summed E-state index contributed by atoms with van der Waals surface area (Å²) in [7, 11) is 2.09. The third-order valence-corrected chi connectivity index (χ3v) is 3.76. The van der Waals surface area contributed by atoms with Crippen molar-refractivity contribution in [3.05, 3.63) is 35.9 Å². The molecule has 0 unspecified atom stereocenters. The first-order valence-corrected chi connectivity index (χ1v) is 8.59. The number of rotatable bonds is 3. The number of benzene rings is 1. The Balaban J connectivity index is 0.00000127. The van der Waals surface area contributed by atoms with E-state index in [9.17, 15) is 4.79 Å². The smallest absolute Gasteiger partial charge is 0.434 e. The number of ether oxygens (including phenoxy) is 1. The van der Waals surface area contributed by atoms with Crippen molar-refractivity contribution in [1.29, 1.82) is 0 Å². The van der Waals surface area contributed by atoms with Crippen LogP contribution in [0.3, 0.4) is 0 Å². The highest BCUT2D eigenvalue weighted by Gasteiger charge is 2.20. The Morgan fingerprint density at radius 1 is 1.17 bits per heavy atom. The lowest BCUT2D eigenvalue weighted by atomic mass is 10.0. The van der Waals surface area contributed by atoms with E-state index in [4.69, 9.17) is 4.74 Å². The van der Waals surface area contributed by atoms with Crippen molar-refractivity contribution in [2.75, 3.05) is 20.1 Å². The number of amides is 1. The molecule has 0 radical (unpaired) electrons. The molecule has 1 aliphatic rings. The Bertz CT molecular complexity index is 489. The van der Waals surface area contributed by atoms with Crippen LogP contribution >= 0.6 is 0 Å². The van der Waals surface area contributed by atoms with Crippen LogP contribution in [0, 0.1) is 5.92 Å². The number of nitrogens with zero attached hydrogens (tertiary/aromatic N) is 2. The second-order valence-electron chi connectivity index (χ2n) is 5.90. The van der Waals surface area contributed by atoms with Gasteiger partial charge in [0, 0.05) is 13.1 Å². The molecule has 4 heteroatoms. The lowest BCUT2D eigenvalue weighted by Crippen LogP contribution is -2.35. The van der Waals surface area contributed by atoms with Gasteiger partial charge < -0.3 is 9.64 Å². The van der Waals surface area contributed by atoms with Gasteiger partial charge >= 0.3 is 6.09 Å². The summed E-state index contributed by atoms with van der Waals surface area (Å²) in [5, 5.41) is 0. The molecule has 1 aromatic rings. The molecule has 128 valence electrons. The van der Waals surface area contributed by atoms with Crippen molar-refractivity contribution in [2.45, 2.75) is 46.6 Å². The van der Waals surface area contributed by atoms with Crippen LogP contribution in [0.25, 0.3) is 0 Å². The molecule has 0 aromatic heterocycles. The second kappa shape index (κ2) is 10.2. The van der Waals surface area contributed by atoms with E-state index in [1.54, 1.807) is 0 Å². The Morgan fingerprint density at radius 2 is 1.74 bits per heavy atom. The lowest BCUT2D eigenvalue weighted by molar-refractivity contribution is 0.0635. The van der Waals surface area contributed by atoms with Crippen molar-refractivity contribution < 1.29 is 9.53 Å². The molecule has 4 nitrogen and oxygen atoms in total. The first kappa shape index (κ1) is 19.4. The monoisotopic (exact) mass is 318 g/mol. The van der Waals surface area contributed by atoms with Gasteiger partial charge in [-0.05, 0) is 31.4 Å². The van der Waals surface area contributed by atoms with E-state index in [1.165, 1.54) is 0 Å². The third-order valence-electron chi connectivity index (χ3n) is 3.76. The highest BCUT2D eigenvalue weighted by molar-refractivity contribution is 6.06. The maximum Gasteiger partial charge on any atom is 0.434 e. The topological polar surface area (TPSA) is 41.9 Å². The van der Waals surface area contributed by atoms with E-state index < -0.39 is 6.09 Å². The molecule has 1 fully saturated rings. The van der Waals surface area contributed by atoms with E-state index in [1.807, 2.05) is 58.0 Å². The predicted molar refractivity (Wildman–Crippen MR) is 96.2 cm³/mol. The van der Waals surface area contributed by atoms with Gasteiger partial charge in [-0.2, -0.15) is 4.99 Å². The van der Waals surface area contributed by atoms with Gasteiger partial charge in [-0.3, -0.25) is 0 Å². The summed E-state index contributed by atoms with van der Waals surface area (Å²) < 4.78 is 5.49. The van der Waals surface area contributed by atoms with Crippen LogP contribution in [-0.2, 0) is 4.74 Å². The zero-order valence-electron chi connectivity index (χ0n) is 15.1. The number of hydrogen-bond acceptors (Lipinski definition) is 3. The van der Waals surface area contributed by atoms with Crippen LogP contribution < -0.4 is 0 Å². The molecular formula is C19H30N2O2. The summed E-state index contributed by atoms with van der Waals surface area (Å²) in [5.41, 5.74) is 1.77. The maximum absolute atomic E-state index is 12.1. The van der Waals surface area contributed by atoms with Crippen LogP contribution in [0.15, 0.2) is 35.3 Å². The molecular weight excluding hydrogens is 288 g/mol. The van der Waals surface area contributed by atoms with Crippen molar-refractivity contribution >= 4 is 11.8 Å². The summed E-state index contributed by atoms with van der Waals surface area (Å²) >= 11 is 0. The zero-order valence-corrected chi connectivity index (χ0v) is 15.1. The molecule has 0 N–H and O–H groups in total. The Hall–Kier alpha value is -1.68. The number of carbonyl (C=O) groups is 1. The number of likely N-dealkylation sites (tertiary alicyclic amines) is 1. The fourth-order valence-corrected chi connectivity index (χ4v) is 2.51. The molecule has 1 aliphatic heterocycles. The van der Waals surface area contributed by atoms with Crippen molar-refractivity contribution in [3.8, 4) is 0 Å². The molecule has 1 heterocycles. The minimum Gasteiger partial charge on any atom is -0.445 e. The molecule has 0 saturated carbocycles. The summed E-state index contributed by atoms with van der Waals surface area (Å²) in [4.78, 5) is 18.5. The van der Waals surface area contributed by atoms with Gasteiger partial charge in [-0.15, -0.1) is 0 Å². The van der Waals surface area contributed by atoms with E-state index in [0.717, 1.165) is 37.2 Å². The Labute approximate surface area is 140 Å². The lowest BCUT2D eigenvalue weighted by Gasteiger charge is -2.28. The van der Waals surface area contributed by atoms with E-state index >= 15 is 0 Å². The fraction of sp³-hybridized carbons (Fsp3) is 0.579. The first-order valence-electron chi connectivity index (χ1n) is 8.59. The van der Waals surface area contributed by atoms with Gasteiger partial charge in [0.25, 0.3) is 0 Å². The number of hydrogen-bond donors (Lipinski definition) is 0. The van der Waals surface area contributed by atoms with Crippen LogP contribution in [-0.4, -0.2) is 42.9 Å². The standard InChI is InChI=1S/C17H24N2O2.C2H6/c1-13(2)16(14-7-5-4-6-8-14)18-17(20)21-15-9-11-19(3)12-10-15;1-2/h4-8,13,15H,9-12H2,1-3H3;1-2H3/b18-16-;. The summed E-state index contributed by atoms with van der Waals surface area (Å²) in [6.45, 7) is 10.0. The summed E-state index contributed by atoms with van der Waals surface area (Å²) in [6, 6.07) is 9.81. The van der Waals surface area contributed by atoms with Crippen LogP contribution in [0.5, 0.6) is 0 Å². The van der Waals surface area contributed by atoms with Gasteiger partial charge in [0.2, 0.25) is 0 Å². The Morgan fingerprint density at radius 3 is 2.26 bits per heavy atom. The first-order chi connectivity index (χ1) is 11.1. The zero-order chi connectivity index (χ0) is 17.2. The molecule has 0 spiro atoms. The average molecular weight is 318 g/mol. The predicted octanol–water partition coefficient (Wildman–Crippen LogP) is 4.39. The maximum atomic E-state index is 12.1. The van der Waals surface area contributed by atoms with Crippen LogP contribution in [0.1, 0.15) is 46.1 Å². The van der Waals surface area contributed by atoms with Crippen LogP contribution in [0.2, 0.25) is 0 Å². The molecule has 1 saturated heterocycles. The van der Waals surface area contributed by atoms with E-state index in [2.05, 4.69) is 16.9 Å². The molecule has 0 bridgehead atoms. The minimum atomic E-state index is -0.461. The molecule has 1 amide bonds. The van der Waals surface area contributed by atoms with Gasteiger partial charge in [-0.25, -0.2) is 4.79 Å². The highest BCUT2D eigenvalue weighted by atomic mass is 16.6. The fourth-order valence-electron chi connectivity index (χ4n) is 2.51. The number of carbonyl (C=O) groups excluding carboxylic acids is 1. The summed E-state index contributed by atoms with van der Waals surface area (Å²) in [5.74, 6) is 0.178. The third kappa shape index (κ3) is 6.53. The quantitative estimate of drug-likeness (QED) is 0.776. The molecule has 23 heavy (non-hydrogen) atoms. The van der Waals surface area contributed by atoms with Crippen LogP contribution in [0.4, 0.5) is 4.79 Å². The molecule has 1 aromatic carbocycles. The van der Waals surface area contributed by atoms with Crippen molar-refractivity contribution in [2.24, 2.45) is 10.9 Å². The van der Waals surface area contributed by atoms with Gasteiger partial charge in [-0.1, -0.05) is 58.0 Å². The average Bonchev–Trinajstić information content (AvgIpc) is 2.57. The summed E-state index contributed by atoms with van der Waals surface area (Å²) in [6.07, 6.45) is 1.32. The van der Waals surface area contributed by atoms with Gasteiger partial charge in [0.1, 0.15) is 6.10 Å². The highest BCUT2D eigenvalue weighted by Crippen LogP contribution is 2.15. The van der Waals surface area contributed by atoms with Gasteiger partial charge in [0.05, 0.1) is 5.71 Å². The molecule has 0 atom stereocenters. The SMILES string of the molecule is CC.CC(C)/C(=N/C(=O)OC1CCN(C)CC1)c1ccccc1. The second-order valence-corrected chi connectivity index (χ2v) is 5.90. The Kier molecular flexibility index (Phi) is 8.56. The van der Waals surface area contributed by atoms with Crippen molar-refractivity contribution in [3.63, 3.8) is 0 Å². The van der Waals surface area contributed by atoms with Gasteiger partial charge in [0.15, 0.2) is 0 Å². The normalized spacial score (nSPS) is 16.7. The van der Waals surface area contributed by atoms with Crippen molar-refractivity contribution in [1.82, 2.24) is 4.90 Å². The molecule has 0 aliphatic carbocycles. The minimum absolute atomic E-state index is 0.00151. The number of aliphatic imine (C=N–C) groups is 1.